The first-order chi connectivity index (χ1) is 4.56. The maximum absolute atomic E-state index is 9.74. The summed E-state index contributed by atoms with van der Waals surface area (Å²) in [4.78, 5) is 9.74. The average molecular weight is 101 g/mol. The third-order valence-electron chi connectivity index (χ3n) is 0.517. The monoisotopic (exact) mass is 101 g/mol. The van der Waals surface area contributed by atoms with Gasteiger partial charge in [-0.3, -0.25) is 0 Å². The fraction of sp³-hybridized carbons (Fsp3) is 0.500. The van der Waals surface area contributed by atoms with E-state index in [0.717, 1.165) is 6.29 Å². The standard InChI is InChI=1S/C6H10O/c1-2-3-4-5-6-7/h3-4,6H,2,5H2,1H3/b4-3-/i1D3. The molecule has 1 heteroatoms. The third-order valence-corrected chi connectivity index (χ3v) is 0.517. The predicted octanol–water partition coefficient (Wildman–Crippen LogP) is 1.54. The number of hydrogen-bond acceptors (Lipinski definition) is 1. The Labute approximate surface area is 48.3 Å². The highest BCUT2D eigenvalue weighted by atomic mass is 16.1. The Morgan fingerprint density at radius 1 is 1.71 bits per heavy atom. The van der Waals surface area contributed by atoms with Gasteiger partial charge >= 0.3 is 0 Å². The Hall–Kier alpha value is -0.590. The number of rotatable bonds is 3. The van der Waals surface area contributed by atoms with Crippen LogP contribution in [0.2, 0.25) is 0 Å². The van der Waals surface area contributed by atoms with Gasteiger partial charge in [0.05, 0.1) is 0 Å². The van der Waals surface area contributed by atoms with Crippen molar-refractivity contribution in [3.8, 4) is 0 Å². The molecule has 0 aliphatic carbocycles. The number of carbonyl (C=O) groups excluding carboxylic acids is 1. The van der Waals surface area contributed by atoms with Gasteiger partial charge in [0.2, 0.25) is 0 Å². The van der Waals surface area contributed by atoms with Crippen LogP contribution in [0.3, 0.4) is 0 Å². The SMILES string of the molecule is [2H]C([2H])([2H])C/C=C\CC=O. The lowest BCUT2D eigenvalue weighted by Gasteiger charge is -1.72. The minimum absolute atomic E-state index is 0.0425. The first-order valence-electron chi connectivity index (χ1n) is 3.65. The van der Waals surface area contributed by atoms with Crippen molar-refractivity contribution in [2.75, 3.05) is 0 Å². The van der Waals surface area contributed by atoms with Crippen LogP contribution in [-0.4, -0.2) is 6.29 Å². The first-order valence-corrected chi connectivity index (χ1v) is 2.15. The number of allylic oxidation sites excluding steroid dienone is 2. The molecule has 1 nitrogen and oxygen atoms in total. The zero-order valence-electron chi connectivity index (χ0n) is 7.05. The Morgan fingerprint density at radius 2 is 2.57 bits per heavy atom. The molecule has 0 saturated heterocycles. The molecule has 0 radical (unpaired) electrons. The predicted molar refractivity (Wildman–Crippen MR) is 30.1 cm³/mol. The topological polar surface area (TPSA) is 17.1 Å². The maximum Gasteiger partial charge on any atom is 0.123 e. The van der Waals surface area contributed by atoms with Crippen LogP contribution < -0.4 is 0 Å². The van der Waals surface area contributed by atoms with E-state index in [4.69, 9.17) is 4.11 Å². The van der Waals surface area contributed by atoms with Crippen LogP contribution >= 0.6 is 0 Å². The van der Waals surface area contributed by atoms with E-state index in [0.29, 0.717) is 6.42 Å². The Balaban J connectivity index is 3.43. The molecule has 0 aliphatic rings. The van der Waals surface area contributed by atoms with Gasteiger partial charge in [0.15, 0.2) is 0 Å². The van der Waals surface area contributed by atoms with Gasteiger partial charge in [-0.15, -0.1) is 0 Å². The summed E-state index contributed by atoms with van der Waals surface area (Å²) in [6.45, 7) is -1.90. The molecule has 0 aliphatic heterocycles. The van der Waals surface area contributed by atoms with E-state index in [9.17, 15) is 4.79 Å². The van der Waals surface area contributed by atoms with Crippen molar-refractivity contribution < 1.29 is 8.91 Å². The number of carbonyl (C=O) groups is 1. The lowest BCUT2D eigenvalue weighted by Crippen LogP contribution is -1.63. The maximum atomic E-state index is 9.74. The quantitative estimate of drug-likeness (QED) is 0.389. The fourth-order valence-corrected chi connectivity index (χ4v) is 0.235. The van der Waals surface area contributed by atoms with Crippen molar-refractivity contribution in [1.82, 2.24) is 0 Å². The van der Waals surface area contributed by atoms with E-state index in [-0.39, 0.29) is 6.42 Å². The van der Waals surface area contributed by atoms with Gasteiger partial charge in [0, 0.05) is 10.5 Å². The summed E-state index contributed by atoms with van der Waals surface area (Å²) >= 11 is 0. The molecule has 0 N–H and O–H groups in total. The molecule has 0 amide bonds. The summed E-state index contributed by atoms with van der Waals surface area (Å²) in [7, 11) is 0. The van der Waals surface area contributed by atoms with Gasteiger partial charge in [-0.05, 0) is 6.42 Å². The minimum Gasteiger partial charge on any atom is -0.303 e. The molecule has 40 valence electrons. The second-order valence-corrected chi connectivity index (χ2v) is 1.08. The van der Waals surface area contributed by atoms with Crippen LogP contribution in [-0.2, 0) is 4.79 Å². The zero-order chi connectivity index (χ0) is 8.04. The van der Waals surface area contributed by atoms with Gasteiger partial charge in [-0.1, -0.05) is 19.0 Å². The molecule has 0 atom stereocenters. The van der Waals surface area contributed by atoms with Crippen molar-refractivity contribution in [2.24, 2.45) is 0 Å². The van der Waals surface area contributed by atoms with Crippen LogP contribution in [0.1, 0.15) is 23.8 Å². The lowest BCUT2D eigenvalue weighted by atomic mass is 10.3. The molecular formula is C6H10O. The van der Waals surface area contributed by atoms with Crippen LogP contribution in [0.5, 0.6) is 0 Å². The molecule has 0 spiro atoms. The summed E-state index contributed by atoms with van der Waals surface area (Å²) in [6, 6.07) is 0. The largest absolute Gasteiger partial charge is 0.303 e. The lowest BCUT2D eigenvalue weighted by molar-refractivity contribution is -0.107. The van der Waals surface area contributed by atoms with Gasteiger partial charge in [0.1, 0.15) is 6.29 Å². The molecule has 7 heavy (non-hydrogen) atoms. The second kappa shape index (κ2) is 5.41. The van der Waals surface area contributed by atoms with E-state index in [2.05, 4.69) is 0 Å². The Bertz CT molecular complexity index is 125. The highest BCUT2D eigenvalue weighted by Gasteiger charge is 1.67. The van der Waals surface area contributed by atoms with Crippen LogP contribution in [0.4, 0.5) is 0 Å². The van der Waals surface area contributed by atoms with E-state index < -0.39 is 6.85 Å². The van der Waals surface area contributed by atoms with Gasteiger partial charge in [-0.2, -0.15) is 0 Å². The highest BCUT2D eigenvalue weighted by Crippen LogP contribution is 1.80. The molecule has 0 aromatic heterocycles. The number of aldehydes is 1. The van der Waals surface area contributed by atoms with E-state index in [1.165, 1.54) is 6.08 Å². The summed E-state index contributed by atoms with van der Waals surface area (Å²) in [6.07, 6.45) is 4.13. The van der Waals surface area contributed by atoms with E-state index in [1.807, 2.05) is 0 Å². The summed E-state index contributed by atoms with van der Waals surface area (Å²) < 4.78 is 20.3. The molecule has 0 saturated carbocycles. The Morgan fingerprint density at radius 3 is 3.14 bits per heavy atom. The summed E-state index contributed by atoms with van der Waals surface area (Å²) in [5.41, 5.74) is 0. The smallest absolute Gasteiger partial charge is 0.123 e. The van der Waals surface area contributed by atoms with E-state index >= 15 is 0 Å². The molecule has 0 aromatic carbocycles. The van der Waals surface area contributed by atoms with Crippen molar-refractivity contribution in [1.29, 1.82) is 0 Å². The van der Waals surface area contributed by atoms with Crippen molar-refractivity contribution in [2.45, 2.75) is 19.7 Å². The third kappa shape index (κ3) is 5.41. The number of hydrogen-bond donors (Lipinski definition) is 0. The molecule has 0 bridgehead atoms. The van der Waals surface area contributed by atoms with Crippen LogP contribution in [0, 0.1) is 0 Å². The molecule has 0 rings (SSSR count). The normalized spacial score (nSPS) is 18.0. The second-order valence-electron chi connectivity index (χ2n) is 1.08. The first kappa shape index (κ1) is 2.65. The molecule has 0 aromatic rings. The van der Waals surface area contributed by atoms with Gasteiger partial charge in [-0.25, -0.2) is 0 Å². The fourth-order valence-electron chi connectivity index (χ4n) is 0.235. The zero-order valence-corrected chi connectivity index (χ0v) is 4.05. The van der Waals surface area contributed by atoms with Crippen molar-refractivity contribution >= 4 is 6.29 Å². The van der Waals surface area contributed by atoms with Crippen LogP contribution in [0.25, 0.3) is 0 Å². The summed E-state index contributed by atoms with van der Waals surface area (Å²) in [5.74, 6) is 0. The molecule has 0 heterocycles. The Kier molecular flexibility index (Phi) is 2.05. The van der Waals surface area contributed by atoms with Crippen molar-refractivity contribution in [3.05, 3.63) is 12.2 Å². The molecular weight excluding hydrogens is 88.1 g/mol. The minimum atomic E-state index is -1.90. The van der Waals surface area contributed by atoms with Crippen molar-refractivity contribution in [3.63, 3.8) is 0 Å². The van der Waals surface area contributed by atoms with Gasteiger partial charge < -0.3 is 4.79 Å². The highest BCUT2D eigenvalue weighted by molar-refractivity contribution is 5.51. The average Bonchev–Trinajstić information content (AvgIpc) is 1.78. The van der Waals surface area contributed by atoms with Crippen LogP contribution in [0.15, 0.2) is 12.2 Å². The molecule has 0 unspecified atom stereocenters. The van der Waals surface area contributed by atoms with E-state index in [1.54, 1.807) is 6.08 Å². The summed E-state index contributed by atoms with van der Waals surface area (Å²) in [5, 5.41) is 0. The molecule has 0 fully saturated rings. The van der Waals surface area contributed by atoms with Gasteiger partial charge in [0.25, 0.3) is 0 Å².